The van der Waals surface area contributed by atoms with Gasteiger partial charge in [-0.2, -0.15) is 4.31 Å². The minimum absolute atomic E-state index is 0.0282. The second-order valence-electron chi connectivity index (χ2n) is 6.16. The van der Waals surface area contributed by atoms with Crippen LogP contribution < -0.4 is 4.74 Å². The molecule has 0 atom stereocenters. The number of sulfonamides is 1. The van der Waals surface area contributed by atoms with E-state index in [0.717, 1.165) is 16.9 Å². The van der Waals surface area contributed by atoms with Crippen LogP contribution in [0.5, 0.6) is 5.75 Å². The van der Waals surface area contributed by atoms with Crippen LogP contribution in [0.4, 0.5) is 0 Å². The lowest BCUT2D eigenvalue weighted by Gasteiger charge is -2.31. The molecule has 0 N–H and O–H groups in total. The second kappa shape index (κ2) is 6.91. The van der Waals surface area contributed by atoms with Crippen molar-refractivity contribution in [2.45, 2.75) is 37.7 Å². The summed E-state index contributed by atoms with van der Waals surface area (Å²) in [6, 6.07) is 9.00. The number of piperidine rings is 1. The van der Waals surface area contributed by atoms with Gasteiger partial charge in [-0.25, -0.2) is 8.42 Å². The van der Waals surface area contributed by atoms with E-state index in [4.69, 9.17) is 4.74 Å². The number of hydrogen-bond donors (Lipinski definition) is 0. The van der Waals surface area contributed by atoms with E-state index in [-0.39, 0.29) is 6.10 Å². The summed E-state index contributed by atoms with van der Waals surface area (Å²) in [5, 5.41) is 0. The summed E-state index contributed by atoms with van der Waals surface area (Å²) in [7, 11) is -3.43. The molecule has 24 heavy (non-hydrogen) atoms. The van der Waals surface area contributed by atoms with E-state index in [1.165, 1.54) is 0 Å². The van der Waals surface area contributed by atoms with Crippen LogP contribution in [-0.4, -0.2) is 36.9 Å². The smallest absolute Gasteiger partial charge is 0.243 e. The molecule has 1 aromatic heterocycles. The van der Waals surface area contributed by atoms with Gasteiger partial charge < -0.3 is 4.74 Å². The van der Waals surface area contributed by atoms with E-state index >= 15 is 0 Å². The molecule has 0 amide bonds. The fraction of sp³-hybridized carbons (Fsp3) is 0.389. The first kappa shape index (κ1) is 16.9. The molecule has 1 aliphatic heterocycles. The Hall–Kier alpha value is -1.92. The van der Waals surface area contributed by atoms with Crippen LogP contribution in [0, 0.1) is 13.8 Å². The number of ether oxygens (including phenoxy) is 1. The first-order valence-corrected chi connectivity index (χ1v) is 9.55. The molecule has 5 nitrogen and oxygen atoms in total. The fourth-order valence-electron chi connectivity index (χ4n) is 2.82. The standard InChI is InChI=1S/C18H22N2O3S/c1-14-5-6-18(12-15(14)2)24(21,22)20-10-7-16(8-11-20)23-17-4-3-9-19-13-17/h3-6,9,12-13,16H,7-8,10-11H2,1-2H3. The van der Waals surface area contributed by atoms with Crippen molar-refractivity contribution in [2.24, 2.45) is 0 Å². The van der Waals surface area contributed by atoms with E-state index in [9.17, 15) is 8.42 Å². The molecule has 3 rings (SSSR count). The number of hydrogen-bond acceptors (Lipinski definition) is 4. The fourth-order valence-corrected chi connectivity index (χ4v) is 4.38. The third-order valence-corrected chi connectivity index (χ3v) is 6.35. The van der Waals surface area contributed by atoms with Gasteiger partial charge in [-0.05, 0) is 62.1 Å². The van der Waals surface area contributed by atoms with Crippen molar-refractivity contribution in [3.63, 3.8) is 0 Å². The van der Waals surface area contributed by atoms with Crippen molar-refractivity contribution in [3.05, 3.63) is 53.9 Å². The van der Waals surface area contributed by atoms with E-state index in [2.05, 4.69) is 4.98 Å². The minimum atomic E-state index is -3.43. The topological polar surface area (TPSA) is 59.5 Å². The Morgan fingerprint density at radius 2 is 1.88 bits per heavy atom. The maximum Gasteiger partial charge on any atom is 0.243 e. The second-order valence-corrected chi connectivity index (χ2v) is 8.09. The molecule has 1 fully saturated rings. The highest BCUT2D eigenvalue weighted by Gasteiger charge is 2.30. The van der Waals surface area contributed by atoms with Crippen molar-refractivity contribution in [2.75, 3.05) is 13.1 Å². The van der Waals surface area contributed by atoms with Gasteiger partial charge in [-0.15, -0.1) is 0 Å². The van der Waals surface area contributed by atoms with Gasteiger partial charge in [-0.3, -0.25) is 4.98 Å². The summed E-state index contributed by atoms with van der Waals surface area (Å²) in [5.74, 6) is 0.730. The summed E-state index contributed by atoms with van der Waals surface area (Å²) in [6.45, 7) is 4.86. The maximum absolute atomic E-state index is 12.8. The number of aryl methyl sites for hydroxylation is 2. The highest BCUT2D eigenvalue weighted by molar-refractivity contribution is 7.89. The van der Waals surface area contributed by atoms with Gasteiger partial charge in [0.15, 0.2) is 0 Å². The first-order chi connectivity index (χ1) is 11.5. The van der Waals surface area contributed by atoms with Crippen molar-refractivity contribution >= 4 is 10.0 Å². The average molecular weight is 346 g/mol. The van der Waals surface area contributed by atoms with E-state index in [0.29, 0.717) is 30.8 Å². The normalized spacial score (nSPS) is 16.9. The van der Waals surface area contributed by atoms with Crippen molar-refractivity contribution in [1.29, 1.82) is 0 Å². The Morgan fingerprint density at radius 1 is 1.12 bits per heavy atom. The van der Waals surface area contributed by atoms with Crippen molar-refractivity contribution in [3.8, 4) is 5.75 Å². The van der Waals surface area contributed by atoms with Gasteiger partial charge in [0.1, 0.15) is 11.9 Å². The molecule has 1 aromatic carbocycles. The quantitative estimate of drug-likeness (QED) is 0.854. The van der Waals surface area contributed by atoms with Gasteiger partial charge in [-0.1, -0.05) is 6.07 Å². The number of pyridine rings is 1. The summed E-state index contributed by atoms with van der Waals surface area (Å²) in [5.41, 5.74) is 2.09. The Kier molecular flexibility index (Phi) is 4.87. The largest absolute Gasteiger partial charge is 0.489 e. The van der Waals surface area contributed by atoms with Crippen molar-refractivity contribution in [1.82, 2.24) is 9.29 Å². The number of nitrogens with zero attached hydrogens (tertiary/aromatic N) is 2. The minimum Gasteiger partial charge on any atom is -0.489 e. The molecule has 1 saturated heterocycles. The third-order valence-electron chi connectivity index (χ3n) is 4.45. The molecule has 0 unspecified atom stereocenters. The van der Waals surface area contributed by atoms with Gasteiger partial charge >= 0.3 is 0 Å². The lowest BCUT2D eigenvalue weighted by molar-refractivity contribution is 0.134. The molecule has 1 aliphatic rings. The molecule has 0 aliphatic carbocycles. The van der Waals surface area contributed by atoms with Crippen LogP contribution in [0.3, 0.4) is 0 Å². The highest BCUT2D eigenvalue weighted by atomic mass is 32.2. The third kappa shape index (κ3) is 3.60. The maximum atomic E-state index is 12.8. The van der Waals surface area contributed by atoms with Crippen LogP contribution >= 0.6 is 0 Å². The highest BCUT2D eigenvalue weighted by Crippen LogP contribution is 2.24. The lowest BCUT2D eigenvalue weighted by Crippen LogP contribution is -2.41. The Bertz CT molecular complexity index is 798. The Morgan fingerprint density at radius 3 is 2.50 bits per heavy atom. The van der Waals surface area contributed by atoms with Crippen molar-refractivity contribution < 1.29 is 13.2 Å². The monoisotopic (exact) mass is 346 g/mol. The van der Waals surface area contributed by atoms with Crippen LogP contribution in [-0.2, 0) is 10.0 Å². The predicted octanol–water partition coefficient (Wildman–Crippen LogP) is 2.93. The van der Waals surface area contributed by atoms with Gasteiger partial charge in [0.25, 0.3) is 0 Å². The molecule has 0 radical (unpaired) electrons. The van der Waals surface area contributed by atoms with Crippen LogP contribution in [0.25, 0.3) is 0 Å². The van der Waals surface area contributed by atoms with E-state index in [1.54, 1.807) is 28.8 Å². The molecule has 2 heterocycles. The SMILES string of the molecule is Cc1ccc(S(=O)(=O)N2CCC(Oc3cccnc3)CC2)cc1C. The number of aromatic nitrogens is 1. The zero-order valence-corrected chi connectivity index (χ0v) is 14.8. The molecule has 0 spiro atoms. The van der Waals surface area contributed by atoms with Gasteiger partial charge in [0, 0.05) is 19.3 Å². The zero-order chi connectivity index (χ0) is 17.2. The molecule has 0 saturated carbocycles. The molecule has 128 valence electrons. The first-order valence-electron chi connectivity index (χ1n) is 8.11. The molecule has 0 bridgehead atoms. The summed E-state index contributed by atoms with van der Waals surface area (Å²) >= 11 is 0. The van der Waals surface area contributed by atoms with E-state index in [1.807, 2.05) is 32.0 Å². The average Bonchev–Trinajstić information content (AvgIpc) is 2.58. The van der Waals surface area contributed by atoms with Crippen LogP contribution in [0.1, 0.15) is 24.0 Å². The zero-order valence-electron chi connectivity index (χ0n) is 14.0. The molecule has 6 heteroatoms. The summed E-state index contributed by atoms with van der Waals surface area (Å²) in [4.78, 5) is 4.40. The number of rotatable bonds is 4. The van der Waals surface area contributed by atoms with Gasteiger partial charge in [0.05, 0.1) is 11.1 Å². The molecular weight excluding hydrogens is 324 g/mol. The van der Waals surface area contributed by atoms with E-state index < -0.39 is 10.0 Å². The lowest BCUT2D eigenvalue weighted by atomic mass is 10.1. The van der Waals surface area contributed by atoms with Crippen LogP contribution in [0.15, 0.2) is 47.6 Å². The predicted molar refractivity (Wildman–Crippen MR) is 92.6 cm³/mol. The summed E-state index contributed by atoms with van der Waals surface area (Å²) < 4.78 is 33.0. The Labute approximate surface area is 143 Å². The Balaban J connectivity index is 1.66. The van der Waals surface area contributed by atoms with Gasteiger partial charge in [0.2, 0.25) is 10.0 Å². The number of benzene rings is 1. The molecule has 2 aromatic rings. The molecular formula is C18H22N2O3S. The van der Waals surface area contributed by atoms with Crippen LogP contribution in [0.2, 0.25) is 0 Å². The summed E-state index contributed by atoms with van der Waals surface area (Å²) in [6.07, 6.45) is 4.77.